The molecular formula is C15H18N2O7. The third kappa shape index (κ3) is 4.70. The van der Waals surface area contributed by atoms with Crippen molar-refractivity contribution in [3.8, 4) is 11.5 Å². The summed E-state index contributed by atoms with van der Waals surface area (Å²) in [6.45, 7) is 3.30. The van der Waals surface area contributed by atoms with Crippen molar-refractivity contribution in [2.45, 2.75) is 13.8 Å². The third-order valence-electron chi connectivity index (χ3n) is 2.87. The zero-order valence-electron chi connectivity index (χ0n) is 13.7. The molecule has 24 heavy (non-hydrogen) atoms. The summed E-state index contributed by atoms with van der Waals surface area (Å²) in [6, 6.07) is 2.29. The van der Waals surface area contributed by atoms with Crippen molar-refractivity contribution in [3.05, 3.63) is 39.6 Å². The Bertz CT molecular complexity index is 683. The lowest BCUT2D eigenvalue weighted by molar-refractivity contribution is -0.385. The molecular weight excluding hydrogens is 320 g/mol. The topological polar surface area (TPSA) is 117 Å². The number of ether oxygens (including phenoxy) is 3. The van der Waals surface area contributed by atoms with Crippen LogP contribution in [0.3, 0.4) is 0 Å². The molecule has 0 aliphatic heterocycles. The number of carbonyl (C=O) groups is 2. The Balaban J connectivity index is 3.17. The van der Waals surface area contributed by atoms with E-state index in [1.807, 2.05) is 0 Å². The van der Waals surface area contributed by atoms with E-state index in [1.54, 1.807) is 6.92 Å². The number of hydrogen-bond acceptors (Lipinski definition) is 7. The van der Waals surface area contributed by atoms with E-state index in [0.717, 1.165) is 12.1 Å². The molecule has 130 valence electrons. The van der Waals surface area contributed by atoms with Crippen LogP contribution < -0.4 is 14.8 Å². The molecule has 9 heteroatoms. The van der Waals surface area contributed by atoms with E-state index in [2.05, 4.69) is 5.32 Å². The lowest BCUT2D eigenvalue weighted by Crippen LogP contribution is -2.23. The molecule has 1 N–H and O–H groups in total. The Morgan fingerprint density at radius 3 is 2.33 bits per heavy atom. The number of hydrogen-bond donors (Lipinski definition) is 1. The van der Waals surface area contributed by atoms with Crippen molar-refractivity contribution in [1.82, 2.24) is 5.32 Å². The first-order valence-corrected chi connectivity index (χ1v) is 6.90. The van der Waals surface area contributed by atoms with Gasteiger partial charge < -0.3 is 19.5 Å². The number of nitro benzene ring substituents is 1. The minimum atomic E-state index is -0.763. The number of methoxy groups -OCH3 is 2. The highest BCUT2D eigenvalue weighted by atomic mass is 16.6. The van der Waals surface area contributed by atoms with Gasteiger partial charge in [-0.05, 0) is 13.8 Å². The van der Waals surface area contributed by atoms with E-state index in [0.29, 0.717) is 0 Å². The fraction of sp³-hybridized carbons (Fsp3) is 0.333. The first-order valence-electron chi connectivity index (χ1n) is 6.90. The van der Waals surface area contributed by atoms with Crippen molar-refractivity contribution in [3.63, 3.8) is 0 Å². The zero-order chi connectivity index (χ0) is 18.3. The number of nitrogens with one attached hydrogen (secondary N) is 1. The van der Waals surface area contributed by atoms with Gasteiger partial charge in [0.15, 0.2) is 11.5 Å². The molecule has 9 nitrogen and oxygen atoms in total. The van der Waals surface area contributed by atoms with Crippen LogP contribution in [0.4, 0.5) is 5.69 Å². The number of nitrogens with zero attached hydrogens (tertiary/aromatic N) is 1. The van der Waals surface area contributed by atoms with E-state index in [-0.39, 0.29) is 29.4 Å². The largest absolute Gasteiger partial charge is 0.493 e. The van der Waals surface area contributed by atoms with Crippen molar-refractivity contribution < 1.29 is 28.7 Å². The van der Waals surface area contributed by atoms with Gasteiger partial charge in [0.2, 0.25) is 0 Å². The summed E-state index contributed by atoms with van der Waals surface area (Å²) in [5, 5.41) is 13.6. The molecule has 0 atom stereocenters. The van der Waals surface area contributed by atoms with Crippen molar-refractivity contribution >= 4 is 17.6 Å². The minimum Gasteiger partial charge on any atom is -0.493 e. The molecule has 0 spiro atoms. The number of amides is 1. The molecule has 0 heterocycles. The monoisotopic (exact) mass is 338 g/mol. The average Bonchev–Trinajstić information content (AvgIpc) is 2.53. The van der Waals surface area contributed by atoms with Gasteiger partial charge in [-0.2, -0.15) is 0 Å². The second kappa shape index (κ2) is 8.51. The van der Waals surface area contributed by atoms with Crippen LogP contribution >= 0.6 is 0 Å². The van der Waals surface area contributed by atoms with Gasteiger partial charge >= 0.3 is 5.97 Å². The molecule has 1 rings (SSSR count). The van der Waals surface area contributed by atoms with E-state index in [4.69, 9.17) is 14.2 Å². The number of rotatable bonds is 7. The summed E-state index contributed by atoms with van der Waals surface area (Å²) in [5.74, 6) is -1.10. The van der Waals surface area contributed by atoms with Gasteiger partial charge in [-0.15, -0.1) is 0 Å². The van der Waals surface area contributed by atoms with Crippen molar-refractivity contribution in [2.24, 2.45) is 0 Å². The highest BCUT2D eigenvalue weighted by Crippen LogP contribution is 2.34. The molecule has 0 radical (unpaired) electrons. The van der Waals surface area contributed by atoms with Gasteiger partial charge in [-0.25, -0.2) is 4.79 Å². The quantitative estimate of drug-likeness (QED) is 0.349. The first kappa shape index (κ1) is 18.9. The van der Waals surface area contributed by atoms with E-state index in [1.165, 1.54) is 27.2 Å². The van der Waals surface area contributed by atoms with Crippen molar-refractivity contribution in [1.29, 1.82) is 0 Å². The molecule has 0 aliphatic carbocycles. The minimum absolute atomic E-state index is 0.125. The molecule has 1 aromatic carbocycles. The SMILES string of the molecule is CCOC(=O)C=C(C)NC(=O)c1cc(OC)c(OC)cc1[N+](=O)[O-]. The van der Waals surface area contributed by atoms with Crippen LogP contribution in [0.25, 0.3) is 0 Å². The average molecular weight is 338 g/mol. The molecule has 0 unspecified atom stereocenters. The summed E-state index contributed by atoms with van der Waals surface area (Å²) >= 11 is 0. The lowest BCUT2D eigenvalue weighted by atomic mass is 10.1. The van der Waals surface area contributed by atoms with E-state index in [9.17, 15) is 19.7 Å². The van der Waals surface area contributed by atoms with Crippen LogP contribution in [-0.4, -0.2) is 37.6 Å². The maximum Gasteiger partial charge on any atom is 0.332 e. The van der Waals surface area contributed by atoms with Gasteiger partial charge in [0.05, 0.1) is 31.8 Å². The van der Waals surface area contributed by atoms with Crippen LogP contribution in [0.2, 0.25) is 0 Å². The molecule has 0 saturated heterocycles. The van der Waals surface area contributed by atoms with E-state index < -0.39 is 22.5 Å². The smallest absolute Gasteiger partial charge is 0.332 e. The highest BCUT2D eigenvalue weighted by Gasteiger charge is 2.24. The van der Waals surface area contributed by atoms with E-state index >= 15 is 0 Å². The lowest BCUT2D eigenvalue weighted by Gasteiger charge is -2.11. The second-order valence-electron chi connectivity index (χ2n) is 4.51. The fourth-order valence-corrected chi connectivity index (χ4v) is 1.84. The van der Waals surface area contributed by atoms with Gasteiger partial charge in [0.25, 0.3) is 11.6 Å². The molecule has 0 bridgehead atoms. The Labute approximate surface area is 138 Å². The van der Waals surface area contributed by atoms with Crippen LogP contribution in [0, 0.1) is 10.1 Å². The predicted molar refractivity (Wildman–Crippen MR) is 84.1 cm³/mol. The highest BCUT2D eigenvalue weighted by molar-refractivity contribution is 6.00. The number of nitro groups is 1. The molecule has 0 aromatic heterocycles. The Kier molecular flexibility index (Phi) is 6.72. The second-order valence-corrected chi connectivity index (χ2v) is 4.51. The fourth-order valence-electron chi connectivity index (χ4n) is 1.84. The number of carbonyl (C=O) groups excluding carboxylic acids is 2. The zero-order valence-corrected chi connectivity index (χ0v) is 13.7. The normalized spacial score (nSPS) is 10.8. The molecule has 1 amide bonds. The van der Waals surface area contributed by atoms with Gasteiger partial charge in [-0.3, -0.25) is 14.9 Å². The summed E-state index contributed by atoms with van der Waals surface area (Å²) in [5.41, 5.74) is -0.495. The van der Waals surface area contributed by atoms with Crippen LogP contribution in [0.5, 0.6) is 11.5 Å². The maximum atomic E-state index is 12.3. The summed E-state index contributed by atoms with van der Waals surface area (Å²) < 4.78 is 14.8. The van der Waals surface area contributed by atoms with Crippen LogP contribution in [-0.2, 0) is 9.53 Å². The predicted octanol–water partition coefficient (Wildman–Crippen LogP) is 1.81. The van der Waals surface area contributed by atoms with Crippen molar-refractivity contribution in [2.75, 3.05) is 20.8 Å². The molecule has 1 aromatic rings. The third-order valence-corrected chi connectivity index (χ3v) is 2.87. The molecule has 0 aliphatic rings. The van der Waals surface area contributed by atoms with Crippen LogP contribution in [0.1, 0.15) is 24.2 Å². The number of esters is 1. The summed E-state index contributed by atoms with van der Waals surface area (Å²) in [4.78, 5) is 34.1. The number of allylic oxidation sites excluding steroid dienone is 1. The maximum absolute atomic E-state index is 12.3. The van der Waals surface area contributed by atoms with Gasteiger partial charge in [-0.1, -0.05) is 0 Å². The van der Waals surface area contributed by atoms with Gasteiger partial charge in [0, 0.05) is 17.8 Å². The Morgan fingerprint density at radius 1 is 1.25 bits per heavy atom. The standard InChI is InChI=1S/C15H18N2O7/c1-5-24-14(18)6-9(2)16-15(19)10-7-12(22-3)13(23-4)8-11(10)17(20)21/h6-8H,5H2,1-4H3,(H,16,19). The number of benzene rings is 1. The summed E-state index contributed by atoms with van der Waals surface area (Å²) in [7, 11) is 2.67. The molecule has 0 fully saturated rings. The van der Waals surface area contributed by atoms with Crippen LogP contribution in [0.15, 0.2) is 23.9 Å². The summed E-state index contributed by atoms with van der Waals surface area (Å²) in [6.07, 6.45) is 1.08. The Morgan fingerprint density at radius 2 is 1.83 bits per heavy atom. The first-order chi connectivity index (χ1) is 11.3. The van der Waals surface area contributed by atoms with Gasteiger partial charge in [0.1, 0.15) is 5.56 Å². The Hall–Kier alpha value is -3.10. The molecule has 0 saturated carbocycles.